The first-order chi connectivity index (χ1) is 7.05. The van der Waals surface area contributed by atoms with Crippen LogP contribution in [0.4, 0.5) is 0 Å². The van der Waals surface area contributed by atoms with Gasteiger partial charge in [-0.2, -0.15) is 0 Å². The van der Waals surface area contributed by atoms with Gasteiger partial charge in [-0.3, -0.25) is 9.79 Å². The lowest BCUT2D eigenvalue weighted by Crippen LogP contribution is -2.36. The smallest absolute Gasteiger partial charge is 0.304 e. The summed E-state index contributed by atoms with van der Waals surface area (Å²) in [7, 11) is 0. The van der Waals surface area contributed by atoms with E-state index < -0.39 is 0 Å². The van der Waals surface area contributed by atoms with E-state index in [9.17, 15) is 4.79 Å². The van der Waals surface area contributed by atoms with Gasteiger partial charge in [0, 0.05) is 16.7 Å². The van der Waals surface area contributed by atoms with Crippen LogP contribution in [0.3, 0.4) is 0 Å². The Hall–Kier alpha value is -0.750. The molecule has 0 atom stereocenters. The molecule has 1 aromatic rings. The molecule has 0 spiro atoms. The molecule has 82 valence electrons. The quantitative estimate of drug-likeness (QED) is 0.825. The maximum atomic E-state index is 10.9. The van der Waals surface area contributed by atoms with Gasteiger partial charge in [-0.25, -0.2) is 0 Å². The number of hydrogen-bond donors (Lipinski definition) is 2. The molecular formula is C9H13N3OS2. The second kappa shape index (κ2) is 4.02. The van der Waals surface area contributed by atoms with Crippen molar-refractivity contribution in [2.24, 2.45) is 4.99 Å². The van der Waals surface area contributed by atoms with Gasteiger partial charge >= 0.3 is 4.87 Å². The van der Waals surface area contributed by atoms with Crippen LogP contribution < -0.4 is 10.2 Å². The topological polar surface area (TPSA) is 57.2 Å². The van der Waals surface area contributed by atoms with Crippen molar-refractivity contribution in [1.82, 2.24) is 10.3 Å². The van der Waals surface area contributed by atoms with E-state index in [1.54, 1.807) is 11.8 Å². The van der Waals surface area contributed by atoms with E-state index in [-0.39, 0.29) is 10.4 Å². The lowest BCUT2D eigenvalue weighted by atomic mass is 10.1. The number of aromatic amines is 1. The highest BCUT2D eigenvalue weighted by Gasteiger charge is 2.26. The van der Waals surface area contributed by atoms with Crippen LogP contribution in [0.5, 0.6) is 0 Å². The molecule has 0 unspecified atom stereocenters. The fourth-order valence-corrected chi connectivity index (χ4v) is 2.89. The van der Waals surface area contributed by atoms with Crippen LogP contribution in [0, 0.1) is 0 Å². The highest BCUT2D eigenvalue weighted by molar-refractivity contribution is 8.14. The van der Waals surface area contributed by atoms with Crippen molar-refractivity contribution < 1.29 is 0 Å². The number of nitrogens with one attached hydrogen (secondary N) is 2. The van der Waals surface area contributed by atoms with Crippen molar-refractivity contribution in [3.63, 3.8) is 0 Å². The maximum Gasteiger partial charge on any atom is 0.304 e. The zero-order chi connectivity index (χ0) is 10.9. The van der Waals surface area contributed by atoms with Crippen LogP contribution >= 0.6 is 23.1 Å². The Labute approximate surface area is 96.2 Å². The summed E-state index contributed by atoms with van der Waals surface area (Å²) in [6, 6.07) is 0. The summed E-state index contributed by atoms with van der Waals surface area (Å²) in [4.78, 5) is 18.0. The lowest BCUT2D eigenvalue weighted by Gasteiger charge is -2.15. The minimum Gasteiger partial charge on any atom is -0.359 e. The van der Waals surface area contributed by atoms with Gasteiger partial charge < -0.3 is 10.3 Å². The van der Waals surface area contributed by atoms with Crippen molar-refractivity contribution in [3.8, 4) is 0 Å². The van der Waals surface area contributed by atoms with Gasteiger partial charge in [0.05, 0.1) is 12.2 Å². The van der Waals surface area contributed by atoms with Gasteiger partial charge in [-0.05, 0) is 13.8 Å². The van der Waals surface area contributed by atoms with Gasteiger partial charge in [0.2, 0.25) is 0 Å². The first-order valence-electron chi connectivity index (χ1n) is 4.67. The standard InChI is InChI=1S/C9H13N3OS2/c1-9(2)5-15-7(12-9)10-3-6-4-14-8(13)11-6/h4H,3,5H2,1-2H3,(H,10,12)(H,11,13). The van der Waals surface area contributed by atoms with Gasteiger partial charge in [0.1, 0.15) is 0 Å². The summed E-state index contributed by atoms with van der Waals surface area (Å²) < 4.78 is 0. The van der Waals surface area contributed by atoms with E-state index in [2.05, 4.69) is 29.1 Å². The number of nitrogens with zero attached hydrogens (tertiary/aromatic N) is 1. The van der Waals surface area contributed by atoms with Crippen molar-refractivity contribution in [1.29, 1.82) is 0 Å². The number of thioether (sulfide) groups is 1. The molecule has 6 heteroatoms. The molecule has 0 aliphatic carbocycles. The van der Waals surface area contributed by atoms with Crippen LogP contribution in [0.2, 0.25) is 0 Å². The number of aliphatic imine (C=N–C) groups is 1. The molecule has 2 rings (SSSR count). The Morgan fingerprint density at radius 1 is 1.60 bits per heavy atom. The molecule has 1 saturated heterocycles. The van der Waals surface area contributed by atoms with E-state index in [1.807, 2.05) is 5.38 Å². The van der Waals surface area contributed by atoms with Crippen molar-refractivity contribution in [2.75, 3.05) is 5.75 Å². The van der Waals surface area contributed by atoms with Crippen molar-refractivity contribution >= 4 is 28.3 Å². The second-order valence-corrected chi connectivity index (χ2v) is 5.90. The van der Waals surface area contributed by atoms with Gasteiger partial charge in [-0.15, -0.1) is 0 Å². The third-order valence-electron chi connectivity index (χ3n) is 1.98. The zero-order valence-corrected chi connectivity index (χ0v) is 10.3. The highest BCUT2D eigenvalue weighted by atomic mass is 32.2. The number of H-pyrrole nitrogens is 1. The van der Waals surface area contributed by atoms with E-state index in [1.165, 1.54) is 11.3 Å². The molecule has 1 aromatic heterocycles. The Bertz CT molecular complexity index is 433. The van der Waals surface area contributed by atoms with Crippen LogP contribution in [0.25, 0.3) is 0 Å². The van der Waals surface area contributed by atoms with E-state index in [0.29, 0.717) is 6.54 Å². The predicted molar refractivity (Wildman–Crippen MR) is 65.8 cm³/mol. The fourth-order valence-electron chi connectivity index (χ4n) is 1.24. The minimum atomic E-state index is -0.0161. The largest absolute Gasteiger partial charge is 0.359 e. The minimum absolute atomic E-state index is 0.0161. The van der Waals surface area contributed by atoms with Crippen molar-refractivity contribution in [3.05, 3.63) is 20.7 Å². The van der Waals surface area contributed by atoms with Gasteiger partial charge in [-0.1, -0.05) is 23.1 Å². The zero-order valence-electron chi connectivity index (χ0n) is 8.66. The highest BCUT2D eigenvalue weighted by Crippen LogP contribution is 2.22. The monoisotopic (exact) mass is 243 g/mol. The van der Waals surface area contributed by atoms with Crippen LogP contribution in [-0.4, -0.2) is 21.4 Å². The normalized spacial score (nSPS) is 21.9. The molecule has 0 amide bonds. The van der Waals surface area contributed by atoms with Gasteiger partial charge in [0.25, 0.3) is 0 Å². The molecule has 0 saturated carbocycles. The van der Waals surface area contributed by atoms with Gasteiger partial charge in [0.15, 0.2) is 5.17 Å². The number of rotatable bonds is 2. The summed E-state index contributed by atoms with van der Waals surface area (Å²) in [6.45, 7) is 4.84. The molecule has 1 fully saturated rings. The summed E-state index contributed by atoms with van der Waals surface area (Å²) in [5, 5.41) is 6.11. The van der Waals surface area contributed by atoms with E-state index in [4.69, 9.17) is 0 Å². The summed E-state index contributed by atoms with van der Waals surface area (Å²) in [6.07, 6.45) is 0. The molecular weight excluding hydrogens is 230 g/mol. The molecule has 4 nitrogen and oxygen atoms in total. The Balaban J connectivity index is 1.98. The van der Waals surface area contributed by atoms with E-state index >= 15 is 0 Å². The Morgan fingerprint density at radius 3 is 2.93 bits per heavy atom. The Morgan fingerprint density at radius 2 is 2.40 bits per heavy atom. The molecule has 2 heterocycles. The molecule has 0 radical (unpaired) electrons. The second-order valence-electron chi connectivity index (χ2n) is 4.09. The van der Waals surface area contributed by atoms with Crippen molar-refractivity contribution in [2.45, 2.75) is 25.9 Å². The first kappa shape index (κ1) is 10.8. The molecule has 1 aliphatic heterocycles. The number of amidine groups is 1. The molecule has 2 N–H and O–H groups in total. The third-order valence-corrected chi connectivity index (χ3v) is 4.07. The number of hydrogen-bond acceptors (Lipinski definition) is 4. The van der Waals surface area contributed by atoms with Crippen LogP contribution in [-0.2, 0) is 6.54 Å². The first-order valence-corrected chi connectivity index (χ1v) is 6.54. The van der Waals surface area contributed by atoms with Crippen LogP contribution in [0.1, 0.15) is 19.5 Å². The maximum absolute atomic E-state index is 10.9. The summed E-state index contributed by atoms with van der Waals surface area (Å²) >= 11 is 2.90. The number of thiazole rings is 1. The molecule has 1 aliphatic rings. The molecule has 0 bridgehead atoms. The molecule has 15 heavy (non-hydrogen) atoms. The average Bonchev–Trinajstić information content (AvgIpc) is 2.69. The van der Waals surface area contributed by atoms with Crippen LogP contribution in [0.15, 0.2) is 15.2 Å². The average molecular weight is 243 g/mol. The lowest BCUT2D eigenvalue weighted by molar-refractivity contribution is 0.536. The Kier molecular flexibility index (Phi) is 2.88. The number of aromatic nitrogens is 1. The van der Waals surface area contributed by atoms with E-state index in [0.717, 1.165) is 16.6 Å². The summed E-state index contributed by atoms with van der Waals surface area (Å²) in [5.41, 5.74) is 1.01. The third kappa shape index (κ3) is 2.85. The summed E-state index contributed by atoms with van der Waals surface area (Å²) in [5.74, 6) is 1.03. The predicted octanol–water partition coefficient (Wildman–Crippen LogP) is 1.41. The fraction of sp³-hybridized carbons (Fsp3) is 0.556. The molecule has 0 aromatic carbocycles. The SMILES string of the molecule is CC1(C)CSC(=NCc2csc(=O)[nH]2)N1.